The highest BCUT2D eigenvalue weighted by molar-refractivity contribution is 5.98. The van der Waals surface area contributed by atoms with Gasteiger partial charge in [-0.25, -0.2) is 0 Å². The number of aliphatic hydroxyl groups is 1. The molecule has 0 saturated carbocycles. The van der Waals surface area contributed by atoms with Crippen LogP contribution in [-0.4, -0.2) is 81.8 Å². The molecule has 3 heterocycles. The molecule has 0 aliphatic carbocycles. The third kappa shape index (κ3) is 4.99. The maximum Gasteiger partial charge on any atom is 0.313 e. The standard InChI is InChI=1S/C29H46N2O6/c1-9-15-31(27(7,8)19-26(4,5)6)24(34)22-29-14-13-28(11-3,37-29)21(25(35)36-18-10-2)20(29)23(33)30(22)16-12-17-32/h9-10,20-22,32H,1-2,11-19H2,3-8H3/t20-,21-,22?,28+,29?/m0/s1. The van der Waals surface area contributed by atoms with E-state index in [4.69, 9.17) is 9.47 Å². The lowest BCUT2D eigenvalue weighted by atomic mass is 9.65. The fraction of sp³-hybridized carbons (Fsp3) is 0.759. The summed E-state index contributed by atoms with van der Waals surface area (Å²) in [7, 11) is 0. The average Bonchev–Trinajstić information content (AvgIpc) is 3.41. The average molecular weight is 519 g/mol. The Bertz CT molecular complexity index is 924. The molecule has 5 atom stereocenters. The quantitative estimate of drug-likeness (QED) is 0.314. The summed E-state index contributed by atoms with van der Waals surface area (Å²) in [5, 5.41) is 9.58. The number of likely N-dealkylation sites (tertiary alicyclic amines) is 1. The summed E-state index contributed by atoms with van der Waals surface area (Å²) in [6.45, 7) is 20.4. The van der Waals surface area contributed by atoms with Gasteiger partial charge in [-0.2, -0.15) is 0 Å². The molecule has 0 aromatic carbocycles. The molecule has 3 fully saturated rings. The number of carbonyl (C=O) groups excluding carboxylic acids is 3. The van der Waals surface area contributed by atoms with Crippen molar-refractivity contribution < 1.29 is 29.0 Å². The molecule has 0 aromatic heterocycles. The Morgan fingerprint density at radius 1 is 1.22 bits per heavy atom. The Morgan fingerprint density at radius 3 is 2.43 bits per heavy atom. The van der Waals surface area contributed by atoms with E-state index in [1.165, 1.54) is 6.08 Å². The van der Waals surface area contributed by atoms with Crippen molar-refractivity contribution in [1.82, 2.24) is 9.80 Å². The number of hydrogen-bond donors (Lipinski definition) is 1. The second kappa shape index (κ2) is 10.5. The van der Waals surface area contributed by atoms with Crippen molar-refractivity contribution in [2.45, 2.75) is 96.4 Å². The Balaban J connectivity index is 2.11. The zero-order chi connectivity index (χ0) is 27.8. The third-order valence-electron chi connectivity index (χ3n) is 8.34. The van der Waals surface area contributed by atoms with Crippen molar-refractivity contribution in [3.05, 3.63) is 25.3 Å². The normalized spacial score (nSPS) is 30.8. The van der Waals surface area contributed by atoms with Crippen LogP contribution < -0.4 is 0 Å². The molecule has 3 aliphatic rings. The van der Waals surface area contributed by atoms with E-state index >= 15 is 0 Å². The van der Waals surface area contributed by atoms with Gasteiger partial charge in [0.1, 0.15) is 24.2 Å². The first-order valence-corrected chi connectivity index (χ1v) is 13.6. The summed E-state index contributed by atoms with van der Waals surface area (Å²) < 4.78 is 12.2. The lowest BCUT2D eigenvalue weighted by Crippen LogP contribution is -2.61. The van der Waals surface area contributed by atoms with E-state index in [1.807, 2.05) is 25.7 Å². The Labute approximate surface area is 222 Å². The molecule has 1 spiro atoms. The topological polar surface area (TPSA) is 96.4 Å². The van der Waals surface area contributed by atoms with Crippen LogP contribution in [0.3, 0.4) is 0 Å². The Kier molecular flexibility index (Phi) is 8.35. The molecule has 3 aliphatic heterocycles. The first-order chi connectivity index (χ1) is 17.2. The fourth-order valence-electron chi connectivity index (χ4n) is 7.37. The van der Waals surface area contributed by atoms with Crippen LogP contribution in [-0.2, 0) is 23.9 Å². The molecular weight excluding hydrogens is 472 g/mol. The van der Waals surface area contributed by atoms with Gasteiger partial charge in [-0.3, -0.25) is 14.4 Å². The van der Waals surface area contributed by atoms with Gasteiger partial charge in [0, 0.05) is 25.2 Å². The van der Waals surface area contributed by atoms with Crippen LogP contribution in [0.5, 0.6) is 0 Å². The SMILES string of the molecule is C=CCOC(=O)[C@@H]1[C@H]2C(=O)N(CCCO)C(C(=O)N(CC=C)C(C)(C)CC(C)(C)C)C23CC[C@@]1(CC)O3. The minimum atomic E-state index is -1.12. The van der Waals surface area contributed by atoms with Crippen molar-refractivity contribution in [1.29, 1.82) is 0 Å². The van der Waals surface area contributed by atoms with Crippen molar-refractivity contribution >= 4 is 17.8 Å². The van der Waals surface area contributed by atoms with Crippen LogP contribution >= 0.6 is 0 Å². The molecule has 3 saturated heterocycles. The number of carbonyl (C=O) groups is 3. The maximum atomic E-state index is 14.6. The van der Waals surface area contributed by atoms with Crippen LogP contribution in [0.4, 0.5) is 0 Å². The highest BCUT2D eigenvalue weighted by atomic mass is 16.6. The van der Waals surface area contributed by atoms with E-state index in [0.29, 0.717) is 32.2 Å². The number of fused-ring (bicyclic) bond motifs is 1. The van der Waals surface area contributed by atoms with Crippen molar-refractivity contribution in [2.75, 3.05) is 26.3 Å². The predicted octanol–water partition coefficient (Wildman–Crippen LogP) is 3.48. The molecule has 2 unspecified atom stereocenters. The number of amides is 2. The largest absolute Gasteiger partial charge is 0.461 e. The molecule has 0 aromatic rings. The summed E-state index contributed by atoms with van der Waals surface area (Å²) in [6, 6.07) is -0.888. The van der Waals surface area contributed by atoms with Gasteiger partial charge in [0.05, 0.1) is 11.5 Å². The summed E-state index contributed by atoms with van der Waals surface area (Å²) >= 11 is 0. The van der Waals surface area contributed by atoms with Gasteiger partial charge < -0.3 is 24.4 Å². The Morgan fingerprint density at radius 2 is 1.89 bits per heavy atom. The van der Waals surface area contributed by atoms with Gasteiger partial charge in [-0.05, 0) is 51.4 Å². The van der Waals surface area contributed by atoms with E-state index in [9.17, 15) is 19.5 Å². The first kappa shape index (κ1) is 29.4. The molecule has 208 valence electrons. The molecule has 2 amide bonds. The first-order valence-electron chi connectivity index (χ1n) is 13.6. The van der Waals surface area contributed by atoms with E-state index in [0.717, 1.165) is 6.42 Å². The number of aliphatic hydroxyl groups excluding tert-OH is 1. The molecule has 2 bridgehead atoms. The number of ether oxygens (including phenoxy) is 2. The Hall–Kier alpha value is -2.19. The lowest BCUT2D eigenvalue weighted by Gasteiger charge is -2.45. The van der Waals surface area contributed by atoms with E-state index in [2.05, 4.69) is 33.9 Å². The van der Waals surface area contributed by atoms with Gasteiger partial charge in [0.15, 0.2) is 0 Å². The van der Waals surface area contributed by atoms with E-state index < -0.39 is 40.6 Å². The van der Waals surface area contributed by atoms with Crippen molar-refractivity contribution in [3.63, 3.8) is 0 Å². The molecule has 1 N–H and O–H groups in total. The summed E-state index contributed by atoms with van der Waals surface area (Å²) in [5.74, 6) is -2.54. The molecule has 37 heavy (non-hydrogen) atoms. The fourth-order valence-corrected chi connectivity index (χ4v) is 7.37. The van der Waals surface area contributed by atoms with Gasteiger partial charge >= 0.3 is 5.97 Å². The van der Waals surface area contributed by atoms with Gasteiger partial charge in [-0.15, -0.1) is 6.58 Å². The third-order valence-corrected chi connectivity index (χ3v) is 8.34. The van der Waals surface area contributed by atoms with Crippen LogP contribution in [0, 0.1) is 17.3 Å². The van der Waals surface area contributed by atoms with Gasteiger partial charge in [-0.1, -0.05) is 46.4 Å². The maximum absolute atomic E-state index is 14.6. The van der Waals surface area contributed by atoms with Crippen molar-refractivity contribution in [2.24, 2.45) is 17.3 Å². The second-order valence-corrected chi connectivity index (χ2v) is 12.6. The monoisotopic (exact) mass is 518 g/mol. The predicted molar refractivity (Wildman–Crippen MR) is 141 cm³/mol. The molecule has 8 heteroatoms. The minimum absolute atomic E-state index is 0.0410. The zero-order valence-electron chi connectivity index (χ0n) is 23.5. The number of nitrogens with zero attached hydrogens (tertiary/aromatic N) is 2. The van der Waals surface area contributed by atoms with Crippen LogP contribution in [0.25, 0.3) is 0 Å². The molecule has 8 nitrogen and oxygen atoms in total. The number of rotatable bonds is 12. The van der Waals surface area contributed by atoms with Crippen molar-refractivity contribution in [3.8, 4) is 0 Å². The van der Waals surface area contributed by atoms with Crippen LogP contribution in [0.2, 0.25) is 0 Å². The second-order valence-electron chi connectivity index (χ2n) is 12.6. The number of esters is 1. The van der Waals surface area contributed by atoms with Gasteiger partial charge in [0.25, 0.3) is 0 Å². The summed E-state index contributed by atoms with van der Waals surface area (Å²) in [4.78, 5) is 45.3. The van der Waals surface area contributed by atoms with Gasteiger partial charge in [0.2, 0.25) is 11.8 Å². The van der Waals surface area contributed by atoms with Crippen LogP contribution in [0.15, 0.2) is 25.3 Å². The number of hydrogen-bond acceptors (Lipinski definition) is 6. The zero-order valence-corrected chi connectivity index (χ0v) is 23.5. The molecule has 3 rings (SSSR count). The van der Waals surface area contributed by atoms with E-state index in [1.54, 1.807) is 11.0 Å². The lowest BCUT2D eigenvalue weighted by molar-refractivity contribution is -0.162. The summed E-state index contributed by atoms with van der Waals surface area (Å²) in [5.41, 5.74) is -2.52. The van der Waals surface area contributed by atoms with Crippen LogP contribution in [0.1, 0.15) is 73.6 Å². The highest BCUT2D eigenvalue weighted by Crippen LogP contribution is 2.64. The highest BCUT2D eigenvalue weighted by Gasteiger charge is 2.79. The minimum Gasteiger partial charge on any atom is -0.461 e. The summed E-state index contributed by atoms with van der Waals surface area (Å²) in [6.07, 6.45) is 5.90. The molecule has 0 radical (unpaired) electrons. The van der Waals surface area contributed by atoms with E-state index in [-0.39, 0.29) is 37.0 Å². The molecular formula is C29H46N2O6. The smallest absolute Gasteiger partial charge is 0.313 e.